The lowest BCUT2D eigenvalue weighted by Gasteiger charge is -1.96. The van der Waals surface area contributed by atoms with Crippen molar-refractivity contribution in [1.29, 1.82) is 0 Å². The molecule has 0 heteroatoms. The minimum atomic E-state index is 1.32. The average Bonchev–Trinajstić information content (AvgIpc) is 1.85. The van der Waals surface area contributed by atoms with Crippen LogP contribution in [0.25, 0.3) is 0 Å². The highest BCUT2D eigenvalue weighted by Gasteiger charge is 2.08. The second-order valence-electron chi connectivity index (χ2n) is 2.81. The van der Waals surface area contributed by atoms with Gasteiger partial charge < -0.3 is 0 Å². The quantitative estimate of drug-likeness (QED) is 0.495. The first-order valence-corrected chi connectivity index (χ1v) is 4.12. The molecule has 0 aliphatic carbocycles. The van der Waals surface area contributed by atoms with Crippen LogP contribution in [0, 0.1) is 5.92 Å². The zero-order valence-corrected chi connectivity index (χ0v) is 7.04. The third-order valence-electron chi connectivity index (χ3n) is 1.63. The molecule has 0 nitrogen and oxygen atoms in total. The lowest BCUT2D eigenvalue weighted by atomic mass is 10.00. The summed E-state index contributed by atoms with van der Waals surface area (Å²) in [5.41, 5.74) is 0. The smallest absolute Gasteiger partial charge is 0.0652 e. The summed E-state index contributed by atoms with van der Waals surface area (Å²) in [7, 11) is 0. The molecule has 0 N–H and O–H groups in total. The van der Waals surface area contributed by atoms with Crippen molar-refractivity contribution in [1.82, 2.24) is 0 Å². The third-order valence-corrected chi connectivity index (χ3v) is 1.63. The van der Waals surface area contributed by atoms with E-state index in [2.05, 4.69) is 20.8 Å². The standard InChI is InChI=1S/C9H19/c1-4-6-8-9(3)7-5-2/h4-8H2,1-3H3/q+1. The Kier molecular flexibility index (Phi) is 5.91. The topological polar surface area (TPSA) is 0 Å². The van der Waals surface area contributed by atoms with Gasteiger partial charge in [-0.2, -0.15) is 0 Å². The van der Waals surface area contributed by atoms with Crippen LogP contribution in [0.3, 0.4) is 0 Å². The maximum atomic E-state index is 2.28. The van der Waals surface area contributed by atoms with Crippen molar-refractivity contribution in [2.24, 2.45) is 0 Å². The molecule has 0 aromatic heterocycles. The summed E-state index contributed by atoms with van der Waals surface area (Å²) in [4.78, 5) is 0. The number of unbranched alkanes of at least 4 members (excludes halogenated alkanes) is 1. The molecule has 9 heavy (non-hydrogen) atoms. The van der Waals surface area contributed by atoms with E-state index in [0.717, 1.165) is 0 Å². The monoisotopic (exact) mass is 127 g/mol. The van der Waals surface area contributed by atoms with E-state index in [4.69, 9.17) is 0 Å². The predicted molar refractivity (Wildman–Crippen MR) is 43.4 cm³/mol. The lowest BCUT2D eigenvalue weighted by Crippen LogP contribution is -1.89. The molecule has 0 unspecified atom stereocenters. The van der Waals surface area contributed by atoms with Crippen molar-refractivity contribution in [2.45, 2.75) is 52.9 Å². The molecule has 0 fully saturated rings. The Balaban J connectivity index is 2.95. The molecule has 0 spiro atoms. The van der Waals surface area contributed by atoms with Gasteiger partial charge >= 0.3 is 0 Å². The van der Waals surface area contributed by atoms with Crippen molar-refractivity contribution < 1.29 is 0 Å². The van der Waals surface area contributed by atoms with Crippen LogP contribution in [-0.2, 0) is 0 Å². The fourth-order valence-corrected chi connectivity index (χ4v) is 1.03. The van der Waals surface area contributed by atoms with E-state index in [1.165, 1.54) is 32.1 Å². The summed E-state index contributed by atoms with van der Waals surface area (Å²) >= 11 is 0. The Hall–Kier alpha value is -0.130. The van der Waals surface area contributed by atoms with E-state index >= 15 is 0 Å². The van der Waals surface area contributed by atoms with Gasteiger partial charge in [-0.25, -0.2) is 0 Å². The normalized spacial score (nSPS) is 9.67. The minimum absolute atomic E-state index is 1.32. The Morgan fingerprint density at radius 2 is 1.67 bits per heavy atom. The maximum Gasteiger partial charge on any atom is 0.0897 e. The molecule has 0 bridgehead atoms. The van der Waals surface area contributed by atoms with Crippen LogP contribution in [0.2, 0.25) is 0 Å². The Labute approximate surface area is 59.7 Å². The van der Waals surface area contributed by atoms with Crippen LogP contribution in [0.5, 0.6) is 0 Å². The molecule has 0 radical (unpaired) electrons. The maximum absolute atomic E-state index is 2.28. The second-order valence-corrected chi connectivity index (χ2v) is 2.81. The van der Waals surface area contributed by atoms with E-state index in [1.807, 2.05) is 0 Å². The zero-order chi connectivity index (χ0) is 7.11. The molecule has 0 saturated carbocycles. The van der Waals surface area contributed by atoms with Crippen LogP contribution in [-0.4, -0.2) is 0 Å². The number of hydrogen-bond donors (Lipinski definition) is 0. The summed E-state index contributed by atoms with van der Waals surface area (Å²) in [5, 5.41) is 0. The fourth-order valence-electron chi connectivity index (χ4n) is 1.03. The molecule has 0 aliphatic rings. The van der Waals surface area contributed by atoms with Gasteiger partial charge in [0.05, 0.1) is 25.7 Å². The van der Waals surface area contributed by atoms with Gasteiger partial charge in [0, 0.05) is 0 Å². The Morgan fingerprint density at radius 3 is 2.11 bits per heavy atom. The summed E-state index contributed by atoms with van der Waals surface area (Å²) in [6.07, 6.45) is 6.72. The average molecular weight is 127 g/mol. The summed E-state index contributed by atoms with van der Waals surface area (Å²) in [6, 6.07) is 0. The molecule has 0 aromatic rings. The Bertz CT molecular complexity index is 48.0. The zero-order valence-electron chi connectivity index (χ0n) is 7.04. The summed E-state index contributed by atoms with van der Waals surface area (Å²) in [5.74, 6) is 1.68. The first kappa shape index (κ1) is 8.87. The van der Waals surface area contributed by atoms with E-state index < -0.39 is 0 Å². The number of rotatable bonds is 5. The van der Waals surface area contributed by atoms with Gasteiger partial charge in [0.15, 0.2) is 0 Å². The van der Waals surface area contributed by atoms with E-state index in [0.29, 0.717) is 0 Å². The third kappa shape index (κ3) is 5.75. The van der Waals surface area contributed by atoms with Crippen molar-refractivity contribution in [3.63, 3.8) is 0 Å². The molecular formula is C9H19+. The molecule has 0 aromatic carbocycles. The molecule has 0 atom stereocenters. The SMILES string of the molecule is CCCC[C+](C)CCC. The molecule has 0 saturated heterocycles. The van der Waals surface area contributed by atoms with Gasteiger partial charge in [-0.15, -0.1) is 0 Å². The first-order valence-electron chi connectivity index (χ1n) is 4.12. The minimum Gasteiger partial charge on any atom is -0.0652 e. The van der Waals surface area contributed by atoms with Gasteiger partial charge in [-0.1, -0.05) is 20.3 Å². The van der Waals surface area contributed by atoms with Crippen molar-refractivity contribution in [3.05, 3.63) is 5.92 Å². The van der Waals surface area contributed by atoms with Gasteiger partial charge in [0.2, 0.25) is 0 Å². The highest BCUT2D eigenvalue weighted by molar-refractivity contribution is 4.82. The van der Waals surface area contributed by atoms with E-state index in [1.54, 1.807) is 5.92 Å². The highest BCUT2D eigenvalue weighted by Crippen LogP contribution is 2.14. The van der Waals surface area contributed by atoms with Crippen LogP contribution in [0.1, 0.15) is 52.9 Å². The number of hydrogen-bond acceptors (Lipinski definition) is 0. The van der Waals surface area contributed by atoms with Crippen LogP contribution < -0.4 is 0 Å². The lowest BCUT2D eigenvalue weighted by molar-refractivity contribution is 0.663. The van der Waals surface area contributed by atoms with E-state index in [9.17, 15) is 0 Å². The van der Waals surface area contributed by atoms with Crippen molar-refractivity contribution >= 4 is 0 Å². The Morgan fingerprint density at radius 1 is 1.00 bits per heavy atom. The molecule has 0 aliphatic heterocycles. The second kappa shape index (κ2) is 6.00. The summed E-state index contributed by atoms with van der Waals surface area (Å²) in [6.45, 7) is 6.77. The highest BCUT2D eigenvalue weighted by atomic mass is 14.0. The predicted octanol–water partition coefficient (Wildman–Crippen LogP) is 3.57. The molecule has 0 amide bonds. The molecule has 0 rings (SSSR count). The molecule has 54 valence electrons. The van der Waals surface area contributed by atoms with Crippen LogP contribution >= 0.6 is 0 Å². The largest absolute Gasteiger partial charge is 0.0897 e. The van der Waals surface area contributed by atoms with E-state index in [-0.39, 0.29) is 0 Å². The first-order chi connectivity index (χ1) is 4.31. The van der Waals surface area contributed by atoms with Crippen LogP contribution in [0.15, 0.2) is 0 Å². The summed E-state index contributed by atoms with van der Waals surface area (Å²) < 4.78 is 0. The fraction of sp³-hybridized carbons (Fsp3) is 0.889. The van der Waals surface area contributed by atoms with Crippen molar-refractivity contribution in [3.8, 4) is 0 Å². The van der Waals surface area contributed by atoms with Crippen molar-refractivity contribution in [2.75, 3.05) is 0 Å². The van der Waals surface area contributed by atoms with Crippen LogP contribution in [0.4, 0.5) is 0 Å². The van der Waals surface area contributed by atoms with Gasteiger partial charge in [0.25, 0.3) is 0 Å². The van der Waals surface area contributed by atoms with Gasteiger partial charge in [-0.05, 0) is 12.8 Å². The van der Waals surface area contributed by atoms with Gasteiger partial charge in [-0.3, -0.25) is 0 Å². The molecule has 0 heterocycles. The molecular weight excluding hydrogens is 108 g/mol. The van der Waals surface area contributed by atoms with Gasteiger partial charge in [0.1, 0.15) is 0 Å².